The number of pyridine rings is 3. The molecule has 0 aliphatic rings. The molecule has 4 aromatic heterocycles. The standard InChI is InChI=1S/C26H27N5O5/c1-4-35-26(34)20-15-19-22(28-21-10-5-6-12-30(21)25(19)33)31(13-8-14-36-17(2)3)23(20)29-24(32)18-9-7-11-27-16-18/h5-7,9-12,15-17H,4,8,13-14H2,1-3H3. The van der Waals surface area contributed by atoms with Crippen molar-refractivity contribution in [2.24, 2.45) is 4.99 Å². The van der Waals surface area contributed by atoms with Gasteiger partial charge in [-0.15, -0.1) is 0 Å². The number of aromatic nitrogens is 4. The highest BCUT2D eigenvalue weighted by Crippen LogP contribution is 2.13. The highest BCUT2D eigenvalue weighted by molar-refractivity contribution is 5.97. The Bertz CT molecular complexity index is 1540. The van der Waals surface area contributed by atoms with Gasteiger partial charge in [0, 0.05) is 31.7 Å². The first-order valence-electron chi connectivity index (χ1n) is 11.7. The zero-order valence-corrected chi connectivity index (χ0v) is 20.4. The first-order valence-corrected chi connectivity index (χ1v) is 11.7. The van der Waals surface area contributed by atoms with Gasteiger partial charge in [0.2, 0.25) is 0 Å². The van der Waals surface area contributed by atoms with Crippen LogP contribution >= 0.6 is 0 Å². The monoisotopic (exact) mass is 489 g/mol. The first kappa shape index (κ1) is 24.9. The average Bonchev–Trinajstić information content (AvgIpc) is 2.88. The molecule has 36 heavy (non-hydrogen) atoms. The number of carbonyl (C=O) groups is 2. The van der Waals surface area contributed by atoms with Crippen molar-refractivity contribution in [2.75, 3.05) is 13.2 Å². The van der Waals surface area contributed by atoms with Gasteiger partial charge >= 0.3 is 5.97 Å². The minimum atomic E-state index is -0.693. The van der Waals surface area contributed by atoms with E-state index in [1.54, 1.807) is 54.2 Å². The second-order valence-electron chi connectivity index (χ2n) is 8.27. The molecule has 0 radical (unpaired) electrons. The Morgan fingerprint density at radius 3 is 2.72 bits per heavy atom. The zero-order chi connectivity index (χ0) is 25.7. The fourth-order valence-corrected chi connectivity index (χ4v) is 3.76. The highest BCUT2D eigenvalue weighted by Gasteiger charge is 2.20. The molecular weight excluding hydrogens is 462 g/mol. The van der Waals surface area contributed by atoms with Crippen molar-refractivity contribution in [2.45, 2.75) is 39.8 Å². The van der Waals surface area contributed by atoms with Crippen molar-refractivity contribution in [3.63, 3.8) is 0 Å². The summed E-state index contributed by atoms with van der Waals surface area (Å²) in [4.78, 5) is 52.4. The molecule has 0 saturated carbocycles. The maximum absolute atomic E-state index is 13.4. The molecule has 0 spiro atoms. The van der Waals surface area contributed by atoms with E-state index in [2.05, 4.69) is 15.0 Å². The fourth-order valence-electron chi connectivity index (χ4n) is 3.76. The van der Waals surface area contributed by atoms with Crippen molar-refractivity contribution in [1.29, 1.82) is 0 Å². The average molecular weight is 490 g/mol. The molecule has 0 fully saturated rings. The van der Waals surface area contributed by atoms with Crippen LogP contribution in [0.15, 0.2) is 64.8 Å². The van der Waals surface area contributed by atoms with Crippen LogP contribution in [0, 0.1) is 0 Å². The van der Waals surface area contributed by atoms with E-state index in [1.165, 1.54) is 16.7 Å². The molecule has 0 atom stereocenters. The molecule has 0 aromatic carbocycles. The molecular formula is C26H27N5O5. The smallest absolute Gasteiger partial charge is 0.341 e. The van der Waals surface area contributed by atoms with E-state index in [1.807, 2.05) is 13.8 Å². The number of carbonyl (C=O) groups excluding carboxylic acids is 2. The van der Waals surface area contributed by atoms with Gasteiger partial charge in [-0.05, 0) is 57.5 Å². The molecule has 4 rings (SSSR count). The van der Waals surface area contributed by atoms with Crippen LogP contribution in [-0.4, -0.2) is 50.1 Å². The maximum atomic E-state index is 13.4. The predicted octanol–water partition coefficient (Wildman–Crippen LogP) is 2.78. The molecule has 0 N–H and O–H groups in total. The number of nitrogens with zero attached hydrogens (tertiary/aromatic N) is 5. The molecule has 0 aliphatic heterocycles. The van der Waals surface area contributed by atoms with Crippen LogP contribution in [0.2, 0.25) is 0 Å². The molecule has 4 aromatic rings. The molecule has 0 saturated heterocycles. The van der Waals surface area contributed by atoms with Crippen LogP contribution in [0.5, 0.6) is 0 Å². The van der Waals surface area contributed by atoms with Crippen molar-refractivity contribution in [3.8, 4) is 0 Å². The topological polar surface area (TPSA) is 117 Å². The number of hydrogen-bond acceptors (Lipinski definition) is 7. The lowest BCUT2D eigenvalue weighted by Gasteiger charge is -2.15. The third-order valence-electron chi connectivity index (χ3n) is 5.38. The van der Waals surface area contributed by atoms with Crippen LogP contribution in [-0.2, 0) is 16.0 Å². The van der Waals surface area contributed by atoms with Gasteiger partial charge in [-0.3, -0.25) is 19.0 Å². The number of fused-ring (bicyclic) bond motifs is 2. The van der Waals surface area contributed by atoms with Gasteiger partial charge in [-0.2, -0.15) is 4.99 Å². The summed E-state index contributed by atoms with van der Waals surface area (Å²) in [6.45, 7) is 6.39. The lowest BCUT2D eigenvalue weighted by Crippen LogP contribution is -2.33. The summed E-state index contributed by atoms with van der Waals surface area (Å²) in [7, 11) is 0. The van der Waals surface area contributed by atoms with Crippen molar-refractivity contribution in [1.82, 2.24) is 18.9 Å². The van der Waals surface area contributed by atoms with E-state index in [0.717, 1.165) is 0 Å². The summed E-state index contributed by atoms with van der Waals surface area (Å²) in [6, 6.07) is 9.83. The van der Waals surface area contributed by atoms with E-state index in [9.17, 15) is 14.4 Å². The Hall–Kier alpha value is -4.18. The fraction of sp³-hybridized carbons (Fsp3) is 0.308. The van der Waals surface area contributed by atoms with Crippen molar-refractivity contribution < 1.29 is 19.1 Å². The summed E-state index contributed by atoms with van der Waals surface area (Å²) in [5.74, 6) is -1.28. The Balaban J connectivity index is 2.03. The largest absolute Gasteiger partial charge is 0.462 e. The Labute approximate surface area is 206 Å². The van der Waals surface area contributed by atoms with E-state index >= 15 is 0 Å². The molecule has 0 aliphatic carbocycles. The van der Waals surface area contributed by atoms with Gasteiger partial charge in [-0.25, -0.2) is 9.78 Å². The molecule has 0 bridgehead atoms. The predicted molar refractivity (Wildman–Crippen MR) is 133 cm³/mol. The molecule has 10 nitrogen and oxygen atoms in total. The van der Waals surface area contributed by atoms with E-state index < -0.39 is 11.9 Å². The number of esters is 1. The van der Waals surface area contributed by atoms with Gasteiger partial charge in [0.1, 0.15) is 16.9 Å². The summed E-state index contributed by atoms with van der Waals surface area (Å²) >= 11 is 0. The van der Waals surface area contributed by atoms with Gasteiger partial charge < -0.3 is 14.0 Å². The summed E-state index contributed by atoms with van der Waals surface area (Å²) in [6.07, 6.45) is 5.13. The van der Waals surface area contributed by atoms with Crippen LogP contribution in [0.1, 0.15) is 47.9 Å². The van der Waals surface area contributed by atoms with Crippen molar-refractivity contribution in [3.05, 3.63) is 82.0 Å². The number of hydrogen-bond donors (Lipinski definition) is 0. The van der Waals surface area contributed by atoms with E-state index in [-0.39, 0.29) is 40.3 Å². The van der Waals surface area contributed by atoms with Crippen molar-refractivity contribution >= 4 is 28.6 Å². The van der Waals surface area contributed by atoms with E-state index in [4.69, 9.17) is 9.47 Å². The summed E-state index contributed by atoms with van der Waals surface area (Å²) in [5.41, 5.74) is 0.705. The third-order valence-corrected chi connectivity index (χ3v) is 5.38. The molecule has 1 amide bonds. The van der Waals surface area contributed by atoms with Gasteiger partial charge in [0.15, 0.2) is 5.49 Å². The van der Waals surface area contributed by atoms with Crippen LogP contribution in [0.4, 0.5) is 0 Å². The molecule has 186 valence electrons. The second-order valence-corrected chi connectivity index (χ2v) is 8.27. The van der Waals surface area contributed by atoms with Gasteiger partial charge in [0.25, 0.3) is 11.5 Å². The SMILES string of the molecule is CCOC(=O)c1cc2c(=O)n3ccccc3nc2n(CCCOC(C)C)c1=NC(=O)c1cccnc1. The Kier molecular flexibility index (Phi) is 7.65. The summed E-state index contributed by atoms with van der Waals surface area (Å²) in [5, 5.41) is 0.208. The Morgan fingerprint density at radius 1 is 1.17 bits per heavy atom. The minimum Gasteiger partial charge on any atom is -0.462 e. The number of aryl methyl sites for hydroxylation is 1. The third kappa shape index (κ3) is 5.23. The van der Waals surface area contributed by atoms with Crippen LogP contribution < -0.4 is 11.0 Å². The lowest BCUT2D eigenvalue weighted by molar-refractivity contribution is 0.0523. The summed E-state index contributed by atoms with van der Waals surface area (Å²) < 4.78 is 14.0. The second kappa shape index (κ2) is 11.0. The Morgan fingerprint density at radius 2 is 2.00 bits per heavy atom. The minimum absolute atomic E-state index is 0.00106. The number of rotatable bonds is 8. The van der Waals surface area contributed by atoms with Gasteiger partial charge in [-0.1, -0.05) is 6.07 Å². The highest BCUT2D eigenvalue weighted by atomic mass is 16.5. The number of ether oxygens (including phenoxy) is 2. The molecule has 4 heterocycles. The maximum Gasteiger partial charge on any atom is 0.341 e. The quantitative estimate of drug-likeness (QED) is 0.212. The zero-order valence-electron chi connectivity index (χ0n) is 20.4. The van der Waals surface area contributed by atoms with E-state index in [0.29, 0.717) is 30.9 Å². The normalized spacial score (nSPS) is 11.9. The lowest BCUT2D eigenvalue weighted by atomic mass is 10.2. The number of amides is 1. The molecule has 10 heteroatoms. The van der Waals surface area contributed by atoms with Gasteiger partial charge in [0.05, 0.1) is 23.7 Å². The van der Waals surface area contributed by atoms with Crippen LogP contribution in [0.25, 0.3) is 16.7 Å². The molecule has 0 unspecified atom stereocenters. The van der Waals surface area contributed by atoms with Crippen LogP contribution in [0.3, 0.4) is 0 Å². The first-order chi connectivity index (χ1) is 17.4.